The van der Waals surface area contributed by atoms with Crippen LogP contribution in [0.5, 0.6) is 0 Å². The van der Waals surface area contributed by atoms with E-state index in [0.717, 1.165) is 5.01 Å². The number of aryl methyl sites for hydroxylation is 2. The first-order valence-corrected chi connectivity index (χ1v) is 9.59. The van der Waals surface area contributed by atoms with Crippen LogP contribution in [-0.4, -0.2) is 51.9 Å². The van der Waals surface area contributed by atoms with Crippen molar-refractivity contribution in [3.63, 3.8) is 0 Å². The van der Waals surface area contributed by atoms with Crippen molar-refractivity contribution in [1.29, 1.82) is 0 Å². The summed E-state index contributed by atoms with van der Waals surface area (Å²) >= 11 is 1.48. The average molecular weight is 377 g/mol. The van der Waals surface area contributed by atoms with Crippen LogP contribution in [-0.2, 0) is 6.42 Å². The molecule has 9 heteroatoms. The highest BCUT2D eigenvalue weighted by Crippen LogP contribution is 2.33. The second-order valence-corrected chi connectivity index (χ2v) is 7.95. The number of hydrogen-bond acceptors (Lipinski definition) is 6. The van der Waals surface area contributed by atoms with Gasteiger partial charge in [0.15, 0.2) is 0 Å². The summed E-state index contributed by atoms with van der Waals surface area (Å²) in [6.07, 6.45) is 0.374. The first-order valence-electron chi connectivity index (χ1n) is 8.71. The number of fused-ring (bicyclic) bond motifs is 1. The van der Waals surface area contributed by atoms with Crippen LogP contribution in [0.2, 0.25) is 0 Å². The monoisotopic (exact) mass is 377 g/mol. The van der Waals surface area contributed by atoms with E-state index >= 15 is 0 Å². The molecule has 2 aliphatic heterocycles. The third kappa shape index (κ3) is 2.90. The number of aromatic amines is 1. The van der Waals surface area contributed by atoms with E-state index in [0.29, 0.717) is 56.1 Å². The predicted octanol–water partition coefficient (Wildman–Crippen LogP) is 1.44. The van der Waals surface area contributed by atoms with Crippen LogP contribution >= 0.6 is 11.3 Å². The molecule has 0 bridgehead atoms. The van der Waals surface area contributed by atoms with Gasteiger partial charge in [0.2, 0.25) is 11.8 Å². The molecule has 0 saturated carbocycles. The van der Waals surface area contributed by atoms with E-state index in [1.54, 1.807) is 12.3 Å². The van der Waals surface area contributed by atoms with E-state index < -0.39 is 11.4 Å². The van der Waals surface area contributed by atoms with E-state index in [2.05, 4.69) is 15.0 Å². The number of carbonyl (C=O) groups is 1. The quantitative estimate of drug-likeness (QED) is 0.875. The lowest BCUT2D eigenvalue weighted by atomic mass is 10.0. The smallest absolute Gasteiger partial charge is 0.288 e. The Morgan fingerprint density at radius 1 is 1.31 bits per heavy atom. The number of thiazole rings is 1. The van der Waals surface area contributed by atoms with Gasteiger partial charge >= 0.3 is 0 Å². The van der Waals surface area contributed by atoms with Gasteiger partial charge in [-0.2, -0.15) is 4.39 Å². The van der Waals surface area contributed by atoms with Gasteiger partial charge in [0.05, 0.1) is 10.7 Å². The average Bonchev–Trinajstić information content (AvgIpc) is 3.30. The van der Waals surface area contributed by atoms with Crippen molar-refractivity contribution in [2.75, 3.05) is 31.1 Å². The molecule has 0 aromatic carbocycles. The van der Waals surface area contributed by atoms with Crippen molar-refractivity contribution < 1.29 is 9.18 Å². The first kappa shape index (κ1) is 17.1. The lowest BCUT2D eigenvalue weighted by molar-refractivity contribution is 0.0777. The molecule has 138 valence electrons. The molecule has 4 rings (SSSR count). The number of H-pyrrole nitrogens is 1. The molecule has 2 aromatic heterocycles. The molecule has 26 heavy (non-hydrogen) atoms. The Labute approximate surface area is 153 Å². The van der Waals surface area contributed by atoms with Gasteiger partial charge in [-0.05, 0) is 13.3 Å². The fourth-order valence-corrected chi connectivity index (χ4v) is 4.42. The highest BCUT2D eigenvalue weighted by molar-refractivity contribution is 7.09. The van der Waals surface area contributed by atoms with E-state index in [9.17, 15) is 14.0 Å². The molecule has 2 atom stereocenters. The largest absolute Gasteiger partial charge is 0.342 e. The Morgan fingerprint density at radius 2 is 2.00 bits per heavy atom. The number of amides is 1. The van der Waals surface area contributed by atoms with Gasteiger partial charge in [0.1, 0.15) is 5.69 Å². The molecule has 7 nitrogen and oxygen atoms in total. The molecule has 0 radical (unpaired) electrons. The highest BCUT2D eigenvalue weighted by Gasteiger charge is 2.42. The van der Waals surface area contributed by atoms with Crippen LogP contribution in [0.15, 0.2) is 10.2 Å². The number of halogens is 1. The summed E-state index contributed by atoms with van der Waals surface area (Å²) in [4.78, 5) is 39.3. The standard InChI is InChI=1S/C17H20FN5O2S/c1-3-12-14(18)15(24)21-17(20-12)23-6-10-4-22(5-11(10)7-23)16(25)13-8-26-9(2)19-13/h8,10-11H,3-7H2,1-2H3,(H,20,21,24). The number of rotatable bonds is 3. The minimum absolute atomic E-state index is 0.0168. The molecule has 1 N–H and O–H groups in total. The van der Waals surface area contributed by atoms with Gasteiger partial charge in [-0.25, -0.2) is 9.97 Å². The second-order valence-electron chi connectivity index (χ2n) is 6.89. The molecular weight excluding hydrogens is 357 g/mol. The van der Waals surface area contributed by atoms with Crippen molar-refractivity contribution in [3.8, 4) is 0 Å². The number of nitrogens with one attached hydrogen (secondary N) is 1. The van der Waals surface area contributed by atoms with Crippen LogP contribution in [0.25, 0.3) is 0 Å². The Balaban J connectivity index is 1.46. The van der Waals surface area contributed by atoms with Crippen LogP contribution in [0, 0.1) is 24.6 Å². The lowest BCUT2D eigenvalue weighted by Gasteiger charge is -2.22. The summed E-state index contributed by atoms with van der Waals surface area (Å²) in [6, 6.07) is 0. The van der Waals surface area contributed by atoms with Crippen LogP contribution < -0.4 is 10.5 Å². The van der Waals surface area contributed by atoms with E-state index in [1.165, 1.54) is 11.3 Å². The van der Waals surface area contributed by atoms with Crippen molar-refractivity contribution in [1.82, 2.24) is 19.9 Å². The molecule has 2 aromatic rings. The van der Waals surface area contributed by atoms with Crippen molar-refractivity contribution >= 4 is 23.2 Å². The van der Waals surface area contributed by atoms with E-state index in [1.807, 2.05) is 16.7 Å². The Morgan fingerprint density at radius 3 is 2.58 bits per heavy atom. The minimum atomic E-state index is -0.800. The maximum Gasteiger partial charge on any atom is 0.288 e. The zero-order valence-electron chi connectivity index (χ0n) is 14.7. The summed E-state index contributed by atoms with van der Waals surface area (Å²) < 4.78 is 13.7. The van der Waals surface area contributed by atoms with Gasteiger partial charge in [-0.1, -0.05) is 6.92 Å². The first-order chi connectivity index (χ1) is 12.5. The van der Waals surface area contributed by atoms with Gasteiger partial charge < -0.3 is 9.80 Å². The topological polar surface area (TPSA) is 82.2 Å². The molecule has 2 unspecified atom stereocenters. The van der Waals surface area contributed by atoms with Gasteiger partial charge in [0, 0.05) is 43.4 Å². The number of nitrogens with zero attached hydrogens (tertiary/aromatic N) is 4. The zero-order valence-corrected chi connectivity index (χ0v) is 15.5. The molecule has 2 saturated heterocycles. The summed E-state index contributed by atoms with van der Waals surface area (Å²) in [5, 5.41) is 2.69. The number of anilines is 1. The van der Waals surface area contributed by atoms with Crippen LogP contribution in [0.4, 0.5) is 10.3 Å². The number of likely N-dealkylation sites (tertiary alicyclic amines) is 1. The summed E-state index contributed by atoms with van der Waals surface area (Å²) in [5.41, 5.74) is -0.0161. The van der Waals surface area contributed by atoms with Gasteiger partial charge in [0.25, 0.3) is 11.5 Å². The third-order valence-corrected chi connectivity index (χ3v) is 5.94. The second kappa shape index (κ2) is 6.46. The molecule has 1 amide bonds. The molecule has 0 aliphatic carbocycles. The number of carbonyl (C=O) groups excluding carboxylic acids is 1. The van der Waals surface area contributed by atoms with Crippen LogP contribution in [0.3, 0.4) is 0 Å². The van der Waals surface area contributed by atoms with Crippen molar-refractivity contribution in [3.05, 3.63) is 37.9 Å². The van der Waals surface area contributed by atoms with Crippen molar-refractivity contribution in [2.24, 2.45) is 11.8 Å². The fraction of sp³-hybridized carbons (Fsp3) is 0.529. The van der Waals surface area contributed by atoms with E-state index in [4.69, 9.17) is 0 Å². The van der Waals surface area contributed by atoms with Gasteiger partial charge in [-0.3, -0.25) is 14.6 Å². The minimum Gasteiger partial charge on any atom is -0.342 e. The highest BCUT2D eigenvalue weighted by atomic mass is 32.1. The Bertz CT molecular complexity index is 897. The maximum atomic E-state index is 13.7. The number of aromatic nitrogens is 3. The molecule has 2 fully saturated rings. The fourth-order valence-electron chi connectivity index (χ4n) is 3.83. The SMILES string of the molecule is CCc1nc(N2CC3CN(C(=O)c4csc(C)n4)CC3C2)[nH]c(=O)c1F. The maximum absolute atomic E-state index is 13.7. The number of hydrogen-bond donors (Lipinski definition) is 1. The summed E-state index contributed by atoms with van der Waals surface area (Å²) in [6.45, 7) is 6.39. The Hall–Kier alpha value is -2.29. The van der Waals surface area contributed by atoms with Crippen molar-refractivity contribution in [2.45, 2.75) is 20.3 Å². The molecule has 2 aliphatic rings. The van der Waals surface area contributed by atoms with Crippen LogP contribution in [0.1, 0.15) is 28.1 Å². The molecule has 0 spiro atoms. The lowest BCUT2D eigenvalue weighted by Crippen LogP contribution is -2.34. The molecule has 4 heterocycles. The Kier molecular flexibility index (Phi) is 4.26. The predicted molar refractivity (Wildman–Crippen MR) is 96.1 cm³/mol. The summed E-state index contributed by atoms with van der Waals surface area (Å²) in [5.74, 6) is 0.247. The normalized spacial score (nSPS) is 22.1. The van der Waals surface area contributed by atoms with E-state index in [-0.39, 0.29) is 11.6 Å². The zero-order chi connectivity index (χ0) is 18.4. The molecular formula is C17H20FN5O2S. The van der Waals surface area contributed by atoms with Gasteiger partial charge in [-0.15, -0.1) is 11.3 Å². The third-order valence-electron chi connectivity index (χ3n) is 5.16. The summed E-state index contributed by atoms with van der Waals surface area (Å²) in [7, 11) is 0.